The van der Waals surface area contributed by atoms with Crippen molar-refractivity contribution < 1.29 is 9.90 Å². The van der Waals surface area contributed by atoms with Crippen molar-refractivity contribution >= 4 is 23.4 Å². The lowest BCUT2D eigenvalue weighted by Gasteiger charge is -2.13. The summed E-state index contributed by atoms with van der Waals surface area (Å²) in [5.74, 6) is -0.813. The van der Waals surface area contributed by atoms with Gasteiger partial charge in [0.2, 0.25) is 0 Å². The molecule has 0 fully saturated rings. The van der Waals surface area contributed by atoms with Gasteiger partial charge in [0.25, 0.3) is 0 Å². The molecule has 0 aliphatic heterocycles. The molecular weight excluding hydrogens is 210 g/mol. The Hall–Kier alpha value is -1.16. The third kappa shape index (κ3) is 3.47. The SMILES string of the molecule is CCC(Nc1cccc(SC)c1)C(=O)O. The van der Waals surface area contributed by atoms with Crippen LogP contribution in [0.3, 0.4) is 0 Å². The molecule has 0 aromatic heterocycles. The molecule has 0 heterocycles. The van der Waals surface area contributed by atoms with Crippen LogP contribution in [0.5, 0.6) is 0 Å². The molecule has 0 aliphatic rings. The lowest BCUT2D eigenvalue weighted by atomic mass is 10.2. The van der Waals surface area contributed by atoms with Crippen LogP contribution in [0.25, 0.3) is 0 Å². The number of carbonyl (C=O) groups is 1. The molecule has 0 bridgehead atoms. The number of nitrogens with one attached hydrogen (secondary N) is 1. The number of hydrogen-bond acceptors (Lipinski definition) is 3. The highest BCUT2D eigenvalue weighted by Crippen LogP contribution is 2.19. The van der Waals surface area contributed by atoms with Gasteiger partial charge in [0.15, 0.2) is 0 Å². The van der Waals surface area contributed by atoms with E-state index in [0.717, 1.165) is 10.6 Å². The van der Waals surface area contributed by atoms with E-state index in [-0.39, 0.29) is 0 Å². The van der Waals surface area contributed by atoms with Gasteiger partial charge in [-0.25, -0.2) is 4.79 Å². The minimum Gasteiger partial charge on any atom is -0.480 e. The molecule has 0 saturated carbocycles. The van der Waals surface area contributed by atoms with Crippen molar-refractivity contribution in [3.8, 4) is 0 Å². The highest BCUT2D eigenvalue weighted by atomic mass is 32.2. The maximum atomic E-state index is 10.8. The topological polar surface area (TPSA) is 49.3 Å². The van der Waals surface area contributed by atoms with Crippen molar-refractivity contribution in [2.75, 3.05) is 11.6 Å². The largest absolute Gasteiger partial charge is 0.480 e. The van der Waals surface area contributed by atoms with Gasteiger partial charge in [0, 0.05) is 10.6 Å². The first-order valence-electron chi connectivity index (χ1n) is 4.80. The van der Waals surface area contributed by atoms with Crippen molar-refractivity contribution in [2.24, 2.45) is 0 Å². The fourth-order valence-corrected chi connectivity index (χ4v) is 1.71. The van der Waals surface area contributed by atoms with E-state index >= 15 is 0 Å². The van der Waals surface area contributed by atoms with Crippen LogP contribution < -0.4 is 5.32 Å². The average Bonchev–Trinajstić information content (AvgIpc) is 2.25. The summed E-state index contributed by atoms with van der Waals surface area (Å²) in [6.07, 6.45) is 2.56. The molecule has 15 heavy (non-hydrogen) atoms. The monoisotopic (exact) mass is 225 g/mol. The van der Waals surface area contributed by atoms with E-state index in [2.05, 4.69) is 5.32 Å². The summed E-state index contributed by atoms with van der Waals surface area (Å²) in [5.41, 5.74) is 0.858. The zero-order valence-corrected chi connectivity index (χ0v) is 9.67. The van der Waals surface area contributed by atoms with E-state index in [1.165, 1.54) is 0 Å². The Labute approximate surface area is 93.9 Å². The summed E-state index contributed by atoms with van der Waals surface area (Å²) in [6, 6.07) is 7.24. The van der Waals surface area contributed by atoms with Gasteiger partial charge < -0.3 is 10.4 Å². The number of aliphatic carboxylic acids is 1. The molecule has 3 nitrogen and oxygen atoms in total. The van der Waals surface area contributed by atoms with Crippen LogP contribution in [0.15, 0.2) is 29.2 Å². The number of hydrogen-bond donors (Lipinski definition) is 2. The Balaban J connectivity index is 2.74. The van der Waals surface area contributed by atoms with Gasteiger partial charge in [0.1, 0.15) is 6.04 Å². The lowest BCUT2D eigenvalue weighted by molar-refractivity contribution is -0.137. The quantitative estimate of drug-likeness (QED) is 0.756. The van der Waals surface area contributed by atoms with Crippen LogP contribution in [-0.2, 0) is 4.79 Å². The van der Waals surface area contributed by atoms with Crippen molar-refractivity contribution in [3.63, 3.8) is 0 Å². The minimum atomic E-state index is -0.813. The number of rotatable bonds is 5. The number of carboxylic acid groups (broad SMARTS) is 1. The third-order valence-corrected chi connectivity index (χ3v) is 2.84. The van der Waals surface area contributed by atoms with E-state index < -0.39 is 12.0 Å². The van der Waals surface area contributed by atoms with Gasteiger partial charge in [-0.05, 0) is 30.9 Å². The predicted octanol–water partition coefficient (Wildman–Crippen LogP) is 2.68. The standard InChI is InChI=1S/C11H15NO2S/c1-3-10(11(13)14)12-8-5-4-6-9(7-8)15-2/h4-7,10,12H,3H2,1-2H3,(H,13,14). The number of carboxylic acids is 1. The van der Waals surface area contributed by atoms with E-state index in [9.17, 15) is 4.79 Å². The van der Waals surface area contributed by atoms with Gasteiger partial charge in [0.05, 0.1) is 0 Å². The minimum absolute atomic E-state index is 0.512. The van der Waals surface area contributed by atoms with Crippen molar-refractivity contribution in [2.45, 2.75) is 24.3 Å². The Bertz CT molecular complexity index is 341. The summed E-state index contributed by atoms with van der Waals surface area (Å²) >= 11 is 1.64. The molecule has 0 saturated heterocycles. The second-order valence-electron chi connectivity index (χ2n) is 3.18. The predicted molar refractivity (Wildman–Crippen MR) is 63.6 cm³/mol. The van der Waals surface area contributed by atoms with E-state index in [0.29, 0.717) is 6.42 Å². The third-order valence-electron chi connectivity index (χ3n) is 2.12. The molecule has 0 amide bonds. The van der Waals surface area contributed by atoms with Crippen LogP contribution in [0, 0.1) is 0 Å². The van der Waals surface area contributed by atoms with Gasteiger partial charge in [-0.1, -0.05) is 13.0 Å². The normalized spacial score (nSPS) is 12.1. The highest BCUT2D eigenvalue weighted by Gasteiger charge is 2.13. The first kappa shape index (κ1) is 11.9. The molecule has 1 rings (SSSR count). The van der Waals surface area contributed by atoms with Crippen molar-refractivity contribution in [1.29, 1.82) is 0 Å². The average molecular weight is 225 g/mol. The van der Waals surface area contributed by atoms with Crippen molar-refractivity contribution in [1.82, 2.24) is 0 Å². The molecule has 1 atom stereocenters. The summed E-state index contributed by atoms with van der Waals surface area (Å²) in [5, 5.41) is 11.9. The van der Waals surface area contributed by atoms with Gasteiger partial charge in [-0.3, -0.25) is 0 Å². The second kappa shape index (κ2) is 5.66. The molecular formula is C11H15NO2S. The van der Waals surface area contributed by atoms with E-state index in [1.807, 2.05) is 37.4 Å². The molecule has 0 spiro atoms. The summed E-state index contributed by atoms with van der Waals surface area (Å²) in [4.78, 5) is 11.9. The fraction of sp³-hybridized carbons (Fsp3) is 0.364. The number of thioether (sulfide) groups is 1. The first-order valence-corrected chi connectivity index (χ1v) is 6.03. The van der Waals surface area contributed by atoms with E-state index in [1.54, 1.807) is 11.8 Å². The molecule has 2 N–H and O–H groups in total. The Morgan fingerprint density at radius 3 is 2.87 bits per heavy atom. The Kier molecular flexibility index (Phi) is 4.49. The molecule has 82 valence electrons. The first-order chi connectivity index (χ1) is 7.17. The molecule has 4 heteroatoms. The molecule has 1 unspecified atom stereocenters. The van der Waals surface area contributed by atoms with Gasteiger partial charge in [-0.2, -0.15) is 0 Å². The van der Waals surface area contributed by atoms with Crippen LogP contribution in [-0.4, -0.2) is 23.4 Å². The van der Waals surface area contributed by atoms with E-state index in [4.69, 9.17) is 5.11 Å². The van der Waals surface area contributed by atoms with Crippen LogP contribution in [0.1, 0.15) is 13.3 Å². The maximum Gasteiger partial charge on any atom is 0.326 e. The van der Waals surface area contributed by atoms with Gasteiger partial charge in [-0.15, -0.1) is 11.8 Å². The summed E-state index contributed by atoms with van der Waals surface area (Å²) in [6.45, 7) is 1.85. The number of benzene rings is 1. The zero-order valence-electron chi connectivity index (χ0n) is 8.86. The second-order valence-corrected chi connectivity index (χ2v) is 4.06. The van der Waals surface area contributed by atoms with Gasteiger partial charge >= 0.3 is 5.97 Å². The molecule has 1 aromatic carbocycles. The zero-order chi connectivity index (χ0) is 11.3. The Morgan fingerprint density at radius 2 is 2.33 bits per heavy atom. The number of anilines is 1. The van der Waals surface area contributed by atoms with Crippen LogP contribution in [0.4, 0.5) is 5.69 Å². The van der Waals surface area contributed by atoms with Crippen LogP contribution >= 0.6 is 11.8 Å². The van der Waals surface area contributed by atoms with Crippen molar-refractivity contribution in [3.05, 3.63) is 24.3 Å². The fourth-order valence-electron chi connectivity index (χ4n) is 1.25. The highest BCUT2D eigenvalue weighted by molar-refractivity contribution is 7.98. The van der Waals surface area contributed by atoms with Crippen LogP contribution in [0.2, 0.25) is 0 Å². The lowest BCUT2D eigenvalue weighted by Crippen LogP contribution is -2.28. The molecule has 0 radical (unpaired) electrons. The molecule has 0 aliphatic carbocycles. The molecule has 1 aromatic rings. The smallest absolute Gasteiger partial charge is 0.326 e. The summed E-state index contributed by atoms with van der Waals surface area (Å²) in [7, 11) is 0. The maximum absolute atomic E-state index is 10.8. The Morgan fingerprint density at radius 1 is 1.60 bits per heavy atom. The summed E-state index contributed by atoms with van der Waals surface area (Å²) < 4.78 is 0.